The SMILES string of the molecule is COc1ccc(N(C)C(=O)[C@H](Cc2cc(F)cc(F)c2)NC(=O)CN2CCN(C(=O)Cc3c[nH]c4ccc(Br)cc34)CC2=O)cc1. The molecule has 2 N–H and O–H groups in total. The van der Waals surface area contributed by atoms with Crippen LogP contribution in [0.3, 0.4) is 0 Å². The molecule has 5 rings (SSSR count). The van der Waals surface area contributed by atoms with Crippen LogP contribution in [0.5, 0.6) is 5.75 Å². The van der Waals surface area contributed by atoms with Gasteiger partial charge in [0, 0.05) is 59.9 Å². The van der Waals surface area contributed by atoms with Crippen molar-refractivity contribution in [3.8, 4) is 5.75 Å². The van der Waals surface area contributed by atoms with Crippen LogP contribution in [0, 0.1) is 11.6 Å². The van der Waals surface area contributed by atoms with Gasteiger partial charge in [0.25, 0.3) is 0 Å². The van der Waals surface area contributed by atoms with Crippen LogP contribution in [-0.4, -0.2) is 84.8 Å². The topological polar surface area (TPSA) is 115 Å². The molecular formula is C33H32BrF2N5O5. The monoisotopic (exact) mass is 695 g/mol. The van der Waals surface area contributed by atoms with Gasteiger partial charge in [-0.1, -0.05) is 15.9 Å². The Bertz CT molecular complexity index is 1760. The van der Waals surface area contributed by atoms with Gasteiger partial charge in [-0.2, -0.15) is 0 Å². The van der Waals surface area contributed by atoms with Gasteiger partial charge >= 0.3 is 0 Å². The standard InChI is InChI=1S/C33H32BrF2N5O5/c1-39(25-4-6-26(46-2)7-5-25)33(45)29(13-20-11-23(35)16-24(36)12-20)38-30(42)18-40-9-10-41(19-32(40)44)31(43)14-21-17-37-28-8-3-22(34)15-27(21)28/h3-8,11-12,15-17,29,37H,9-10,13-14,18-19H2,1-2H3,(H,38,42)/t29-/m0/s1. The Morgan fingerprint density at radius 1 is 1.04 bits per heavy atom. The van der Waals surface area contributed by atoms with Crippen LogP contribution >= 0.6 is 15.9 Å². The van der Waals surface area contributed by atoms with Gasteiger partial charge in [-0.15, -0.1) is 0 Å². The third kappa shape index (κ3) is 7.71. The minimum absolute atomic E-state index is 0.108. The van der Waals surface area contributed by atoms with Crippen molar-refractivity contribution in [2.24, 2.45) is 0 Å². The Balaban J connectivity index is 1.23. The maximum absolute atomic E-state index is 14.0. The number of ether oxygens (including phenoxy) is 1. The molecule has 1 aliphatic heterocycles. The molecule has 0 saturated carbocycles. The second kappa shape index (κ2) is 14.1. The third-order valence-electron chi connectivity index (χ3n) is 7.86. The highest BCUT2D eigenvalue weighted by molar-refractivity contribution is 9.10. The van der Waals surface area contributed by atoms with Crippen molar-refractivity contribution < 1.29 is 32.7 Å². The maximum Gasteiger partial charge on any atom is 0.249 e. The van der Waals surface area contributed by atoms with Crippen LogP contribution in [-0.2, 0) is 32.0 Å². The summed E-state index contributed by atoms with van der Waals surface area (Å²) in [6, 6.07) is 14.1. The molecule has 0 aliphatic carbocycles. The number of amides is 4. The van der Waals surface area contributed by atoms with E-state index in [1.165, 1.54) is 28.9 Å². The van der Waals surface area contributed by atoms with Crippen LogP contribution in [0.15, 0.2) is 71.3 Å². The summed E-state index contributed by atoms with van der Waals surface area (Å²) < 4.78 is 34.0. The van der Waals surface area contributed by atoms with Crippen LogP contribution in [0.4, 0.5) is 14.5 Å². The number of anilines is 1. The van der Waals surface area contributed by atoms with Crippen molar-refractivity contribution in [1.29, 1.82) is 0 Å². The van der Waals surface area contributed by atoms with Gasteiger partial charge in [0.1, 0.15) is 23.4 Å². The molecule has 0 unspecified atom stereocenters. The number of hydrogen-bond acceptors (Lipinski definition) is 5. The molecule has 4 amide bonds. The summed E-state index contributed by atoms with van der Waals surface area (Å²) in [4.78, 5) is 60.1. The summed E-state index contributed by atoms with van der Waals surface area (Å²) in [5.74, 6) is -2.83. The molecule has 240 valence electrons. The first-order valence-corrected chi connectivity index (χ1v) is 15.3. The summed E-state index contributed by atoms with van der Waals surface area (Å²) in [7, 11) is 3.03. The zero-order chi connectivity index (χ0) is 33.0. The highest BCUT2D eigenvalue weighted by Gasteiger charge is 2.31. The maximum atomic E-state index is 14.0. The number of aromatic nitrogens is 1. The average molecular weight is 697 g/mol. The normalized spacial score (nSPS) is 13.9. The number of halogens is 3. The number of rotatable bonds is 10. The molecule has 10 nitrogen and oxygen atoms in total. The highest BCUT2D eigenvalue weighted by Crippen LogP contribution is 2.24. The fourth-order valence-electron chi connectivity index (χ4n) is 5.40. The Kier molecular flexibility index (Phi) is 10.0. The second-order valence-electron chi connectivity index (χ2n) is 11.0. The Morgan fingerprint density at radius 3 is 2.43 bits per heavy atom. The number of piperazine rings is 1. The lowest BCUT2D eigenvalue weighted by Gasteiger charge is -2.34. The number of nitrogens with one attached hydrogen (secondary N) is 2. The number of benzene rings is 3. The first-order chi connectivity index (χ1) is 22.0. The number of aromatic amines is 1. The van der Waals surface area contributed by atoms with Crippen LogP contribution in [0.1, 0.15) is 11.1 Å². The molecule has 2 heterocycles. The van der Waals surface area contributed by atoms with Crippen molar-refractivity contribution in [2.45, 2.75) is 18.9 Å². The van der Waals surface area contributed by atoms with Crippen molar-refractivity contribution in [2.75, 3.05) is 45.2 Å². The van der Waals surface area contributed by atoms with E-state index in [0.29, 0.717) is 11.4 Å². The Hall–Kier alpha value is -4.78. The summed E-state index contributed by atoms with van der Waals surface area (Å²) in [5.41, 5.74) is 2.38. The summed E-state index contributed by atoms with van der Waals surface area (Å²) in [6.07, 6.45) is 1.69. The fraction of sp³-hybridized carbons (Fsp3) is 0.273. The van der Waals surface area contributed by atoms with E-state index in [-0.39, 0.29) is 50.5 Å². The van der Waals surface area contributed by atoms with Crippen LogP contribution in [0.25, 0.3) is 10.9 Å². The highest BCUT2D eigenvalue weighted by atomic mass is 79.9. The van der Waals surface area contributed by atoms with Gasteiger partial charge < -0.3 is 29.7 Å². The zero-order valence-electron chi connectivity index (χ0n) is 25.2. The molecule has 46 heavy (non-hydrogen) atoms. The number of H-pyrrole nitrogens is 1. The first-order valence-electron chi connectivity index (χ1n) is 14.5. The lowest BCUT2D eigenvalue weighted by Crippen LogP contribution is -2.56. The molecule has 0 spiro atoms. The summed E-state index contributed by atoms with van der Waals surface area (Å²) in [5, 5.41) is 3.56. The van der Waals surface area contributed by atoms with E-state index in [0.717, 1.165) is 39.1 Å². The number of hydrogen-bond donors (Lipinski definition) is 2. The minimum atomic E-state index is -1.20. The van der Waals surface area contributed by atoms with Gasteiger partial charge in [0.15, 0.2) is 0 Å². The van der Waals surface area contributed by atoms with E-state index in [1.54, 1.807) is 30.5 Å². The van der Waals surface area contributed by atoms with Gasteiger partial charge in [-0.3, -0.25) is 19.2 Å². The van der Waals surface area contributed by atoms with Gasteiger partial charge in [0.2, 0.25) is 23.6 Å². The Labute approximate surface area is 272 Å². The predicted octanol–water partition coefficient (Wildman–Crippen LogP) is 3.82. The molecule has 1 fully saturated rings. The van der Waals surface area contributed by atoms with E-state index in [2.05, 4.69) is 26.2 Å². The molecule has 1 saturated heterocycles. The molecule has 13 heteroatoms. The molecule has 0 bridgehead atoms. The average Bonchev–Trinajstić information content (AvgIpc) is 3.41. The lowest BCUT2D eigenvalue weighted by atomic mass is 10.0. The summed E-state index contributed by atoms with van der Waals surface area (Å²) >= 11 is 3.45. The van der Waals surface area contributed by atoms with Crippen molar-refractivity contribution in [3.63, 3.8) is 0 Å². The molecule has 4 aromatic rings. The molecule has 3 aromatic carbocycles. The quantitative estimate of drug-likeness (QED) is 0.262. The number of carbonyl (C=O) groups excluding carboxylic acids is 4. The van der Waals surface area contributed by atoms with E-state index in [9.17, 15) is 28.0 Å². The van der Waals surface area contributed by atoms with Crippen LogP contribution in [0.2, 0.25) is 0 Å². The predicted molar refractivity (Wildman–Crippen MR) is 171 cm³/mol. The molecule has 1 aromatic heterocycles. The number of fused-ring (bicyclic) bond motifs is 1. The lowest BCUT2D eigenvalue weighted by molar-refractivity contribution is -0.146. The van der Waals surface area contributed by atoms with Crippen LogP contribution < -0.4 is 15.0 Å². The smallest absolute Gasteiger partial charge is 0.249 e. The molecular weight excluding hydrogens is 664 g/mol. The summed E-state index contributed by atoms with van der Waals surface area (Å²) in [6.45, 7) is -0.194. The number of methoxy groups -OCH3 is 1. The van der Waals surface area contributed by atoms with E-state index in [4.69, 9.17) is 4.74 Å². The zero-order valence-corrected chi connectivity index (χ0v) is 26.8. The third-order valence-corrected chi connectivity index (χ3v) is 8.36. The molecule has 0 radical (unpaired) electrons. The number of likely N-dealkylation sites (N-methyl/N-ethyl adjacent to an activating group) is 1. The van der Waals surface area contributed by atoms with Crippen molar-refractivity contribution in [1.82, 2.24) is 20.1 Å². The molecule has 1 atom stereocenters. The van der Waals surface area contributed by atoms with Gasteiger partial charge in [-0.05, 0) is 65.7 Å². The number of carbonyl (C=O) groups is 4. The van der Waals surface area contributed by atoms with E-state index in [1.807, 2.05) is 18.2 Å². The largest absolute Gasteiger partial charge is 0.497 e. The van der Waals surface area contributed by atoms with E-state index < -0.39 is 35.4 Å². The second-order valence-corrected chi connectivity index (χ2v) is 11.9. The van der Waals surface area contributed by atoms with Crippen molar-refractivity contribution in [3.05, 3.63) is 94.1 Å². The first kappa shape index (κ1) is 32.6. The Morgan fingerprint density at radius 2 is 1.76 bits per heavy atom. The molecule has 1 aliphatic rings. The minimum Gasteiger partial charge on any atom is -0.497 e. The van der Waals surface area contributed by atoms with Gasteiger partial charge in [-0.25, -0.2) is 8.78 Å². The number of nitrogens with zero attached hydrogens (tertiary/aromatic N) is 3. The van der Waals surface area contributed by atoms with Gasteiger partial charge in [0.05, 0.1) is 26.6 Å². The van der Waals surface area contributed by atoms with E-state index >= 15 is 0 Å². The fourth-order valence-corrected chi connectivity index (χ4v) is 5.77. The van der Waals surface area contributed by atoms with Crippen molar-refractivity contribution >= 4 is 56.1 Å².